The molecule has 2 amide bonds. The topological polar surface area (TPSA) is 71.8 Å². The van der Waals surface area contributed by atoms with Gasteiger partial charge in [-0.25, -0.2) is 14.2 Å². The summed E-state index contributed by atoms with van der Waals surface area (Å²) in [6.45, 7) is 4.07. The Hall–Kier alpha value is -3.22. The van der Waals surface area contributed by atoms with Crippen LogP contribution in [0.2, 0.25) is 0 Å². The van der Waals surface area contributed by atoms with Crippen molar-refractivity contribution in [2.75, 3.05) is 5.32 Å². The van der Waals surface area contributed by atoms with Gasteiger partial charge in [0.05, 0.1) is 18.3 Å². The van der Waals surface area contributed by atoms with Crippen molar-refractivity contribution in [2.45, 2.75) is 26.4 Å². The Kier molecular flexibility index (Phi) is 5.26. The molecule has 2 heterocycles. The third-order valence-electron chi connectivity index (χ3n) is 4.18. The first-order chi connectivity index (χ1) is 12.5. The second-order valence-corrected chi connectivity index (χ2v) is 5.92. The van der Waals surface area contributed by atoms with Gasteiger partial charge in [-0.1, -0.05) is 12.1 Å². The summed E-state index contributed by atoms with van der Waals surface area (Å²) in [6, 6.07) is 10.1. The predicted octanol–water partition coefficient (Wildman–Crippen LogP) is 3.66. The molecule has 134 valence electrons. The summed E-state index contributed by atoms with van der Waals surface area (Å²) in [5.74, 6) is 0.502. The van der Waals surface area contributed by atoms with Crippen LogP contribution in [0.15, 0.2) is 55.0 Å². The van der Waals surface area contributed by atoms with E-state index in [4.69, 9.17) is 0 Å². The average Bonchev–Trinajstić information content (AvgIpc) is 3.07. The van der Waals surface area contributed by atoms with Crippen LogP contribution in [-0.4, -0.2) is 20.6 Å². The highest BCUT2D eigenvalue weighted by atomic mass is 19.1. The van der Waals surface area contributed by atoms with Gasteiger partial charge in [0.25, 0.3) is 0 Å². The zero-order chi connectivity index (χ0) is 18.5. The van der Waals surface area contributed by atoms with Crippen LogP contribution in [0.25, 0.3) is 0 Å². The third kappa shape index (κ3) is 4.05. The molecule has 0 aliphatic heterocycles. The highest BCUT2D eigenvalue weighted by molar-refractivity contribution is 5.89. The van der Waals surface area contributed by atoms with Crippen molar-refractivity contribution in [3.05, 3.63) is 77.9 Å². The Labute approximate surface area is 151 Å². The van der Waals surface area contributed by atoms with E-state index in [0.717, 1.165) is 11.4 Å². The maximum Gasteiger partial charge on any atom is 0.319 e. The number of imidazole rings is 1. The maximum absolute atomic E-state index is 13.5. The molecule has 2 aromatic heterocycles. The molecule has 7 heteroatoms. The lowest BCUT2D eigenvalue weighted by Crippen LogP contribution is -2.28. The molecule has 1 aromatic carbocycles. The smallest absolute Gasteiger partial charge is 0.319 e. The first kappa shape index (κ1) is 17.6. The number of aryl methyl sites for hydroxylation is 1. The first-order valence-electron chi connectivity index (χ1n) is 8.28. The van der Waals surface area contributed by atoms with Gasteiger partial charge in [-0.15, -0.1) is 0 Å². The zero-order valence-electron chi connectivity index (χ0n) is 14.6. The van der Waals surface area contributed by atoms with E-state index >= 15 is 0 Å². The summed E-state index contributed by atoms with van der Waals surface area (Å²) in [7, 11) is 0. The van der Waals surface area contributed by atoms with E-state index in [9.17, 15) is 9.18 Å². The van der Waals surface area contributed by atoms with E-state index in [1.165, 1.54) is 18.3 Å². The van der Waals surface area contributed by atoms with Crippen LogP contribution in [0.1, 0.15) is 30.0 Å². The monoisotopic (exact) mass is 353 g/mol. The van der Waals surface area contributed by atoms with Gasteiger partial charge < -0.3 is 15.2 Å². The number of carbonyl (C=O) groups is 1. The lowest BCUT2D eigenvalue weighted by molar-refractivity contribution is 0.251. The van der Waals surface area contributed by atoms with E-state index in [2.05, 4.69) is 32.1 Å². The predicted molar refractivity (Wildman–Crippen MR) is 97.3 cm³/mol. The molecule has 0 aliphatic rings. The van der Waals surface area contributed by atoms with Crippen molar-refractivity contribution in [1.82, 2.24) is 19.9 Å². The van der Waals surface area contributed by atoms with Gasteiger partial charge >= 0.3 is 6.03 Å². The summed E-state index contributed by atoms with van der Waals surface area (Å²) in [4.78, 5) is 20.1. The number of halogens is 1. The fourth-order valence-corrected chi connectivity index (χ4v) is 2.69. The first-order valence-corrected chi connectivity index (χ1v) is 8.28. The third-order valence-corrected chi connectivity index (χ3v) is 4.18. The molecule has 0 fully saturated rings. The number of benzene rings is 1. The summed E-state index contributed by atoms with van der Waals surface area (Å²) < 4.78 is 15.6. The van der Waals surface area contributed by atoms with Crippen LogP contribution in [0.3, 0.4) is 0 Å². The van der Waals surface area contributed by atoms with Crippen molar-refractivity contribution in [2.24, 2.45) is 0 Å². The molecule has 0 unspecified atom stereocenters. The van der Waals surface area contributed by atoms with Crippen molar-refractivity contribution in [3.63, 3.8) is 0 Å². The summed E-state index contributed by atoms with van der Waals surface area (Å²) >= 11 is 0. The minimum atomic E-state index is -0.444. The summed E-state index contributed by atoms with van der Waals surface area (Å²) in [5.41, 5.74) is 1.96. The number of nitrogens with zero attached hydrogens (tertiary/aromatic N) is 3. The van der Waals surface area contributed by atoms with Gasteiger partial charge in [0.2, 0.25) is 0 Å². The Morgan fingerprint density at radius 2 is 1.96 bits per heavy atom. The molecular weight excluding hydrogens is 333 g/mol. The molecule has 0 aliphatic carbocycles. The lowest BCUT2D eigenvalue weighted by atomic mass is 10.1. The molecule has 0 bridgehead atoms. The van der Waals surface area contributed by atoms with Crippen molar-refractivity contribution in [3.8, 4) is 0 Å². The number of hydrogen-bond donors (Lipinski definition) is 2. The van der Waals surface area contributed by atoms with Crippen LogP contribution in [0, 0.1) is 12.7 Å². The second kappa shape index (κ2) is 7.77. The SMILES string of the molecule is Cc1nccn1[C@H](C)c1ccc(NC(=O)NCc2ncccc2F)cc1. The van der Waals surface area contributed by atoms with Crippen molar-refractivity contribution in [1.29, 1.82) is 0 Å². The Bertz CT molecular complexity index is 891. The fourth-order valence-electron chi connectivity index (χ4n) is 2.69. The van der Waals surface area contributed by atoms with E-state index < -0.39 is 11.8 Å². The van der Waals surface area contributed by atoms with E-state index in [0.29, 0.717) is 5.69 Å². The van der Waals surface area contributed by atoms with E-state index in [-0.39, 0.29) is 18.3 Å². The van der Waals surface area contributed by atoms with Crippen LogP contribution >= 0.6 is 0 Å². The second-order valence-electron chi connectivity index (χ2n) is 5.92. The largest absolute Gasteiger partial charge is 0.332 e. The van der Waals surface area contributed by atoms with Crippen molar-refractivity contribution >= 4 is 11.7 Å². The van der Waals surface area contributed by atoms with Gasteiger partial charge in [-0.05, 0) is 43.7 Å². The number of rotatable bonds is 5. The van der Waals surface area contributed by atoms with Crippen LogP contribution in [0.5, 0.6) is 0 Å². The zero-order valence-corrected chi connectivity index (χ0v) is 14.6. The Morgan fingerprint density at radius 3 is 2.62 bits per heavy atom. The summed E-state index contributed by atoms with van der Waals surface area (Å²) in [5, 5.41) is 5.32. The molecular formula is C19H20FN5O. The number of nitrogens with one attached hydrogen (secondary N) is 2. The minimum absolute atomic E-state index is 0.0214. The minimum Gasteiger partial charge on any atom is -0.332 e. The number of pyridine rings is 1. The Morgan fingerprint density at radius 1 is 1.19 bits per heavy atom. The molecule has 3 aromatic rings. The van der Waals surface area contributed by atoms with Gasteiger partial charge in [0, 0.05) is 24.3 Å². The molecule has 0 radical (unpaired) electrons. The standard InChI is InChI=1S/C19H20FN5O/c1-13(25-11-10-21-14(25)2)15-5-7-16(8-6-15)24-19(26)23-12-18-17(20)4-3-9-22-18/h3-11,13H,12H2,1-2H3,(H2,23,24,26)/t13-/m1/s1. The lowest BCUT2D eigenvalue weighted by Gasteiger charge is -2.16. The summed E-state index contributed by atoms with van der Waals surface area (Å²) in [6.07, 6.45) is 5.20. The van der Waals surface area contributed by atoms with E-state index in [1.807, 2.05) is 37.4 Å². The molecule has 0 saturated carbocycles. The van der Waals surface area contributed by atoms with Gasteiger partial charge in [-0.2, -0.15) is 0 Å². The maximum atomic E-state index is 13.5. The molecule has 3 rings (SSSR count). The number of carbonyl (C=O) groups excluding carboxylic acids is 1. The van der Waals surface area contributed by atoms with Crippen molar-refractivity contribution < 1.29 is 9.18 Å². The molecule has 26 heavy (non-hydrogen) atoms. The van der Waals surface area contributed by atoms with Gasteiger partial charge in [-0.3, -0.25) is 4.98 Å². The van der Waals surface area contributed by atoms with Gasteiger partial charge in [0.15, 0.2) is 0 Å². The van der Waals surface area contributed by atoms with E-state index in [1.54, 1.807) is 6.20 Å². The number of urea groups is 1. The molecule has 2 N–H and O–H groups in total. The number of anilines is 1. The fraction of sp³-hybridized carbons (Fsp3) is 0.211. The molecule has 1 atom stereocenters. The van der Waals surface area contributed by atoms with Crippen LogP contribution in [0.4, 0.5) is 14.9 Å². The highest BCUT2D eigenvalue weighted by Crippen LogP contribution is 2.21. The number of aromatic nitrogens is 3. The molecule has 6 nitrogen and oxygen atoms in total. The highest BCUT2D eigenvalue weighted by Gasteiger charge is 2.10. The molecule has 0 spiro atoms. The Balaban J connectivity index is 1.58. The number of amides is 2. The van der Waals surface area contributed by atoms with Gasteiger partial charge in [0.1, 0.15) is 11.6 Å². The average molecular weight is 353 g/mol. The van der Waals surface area contributed by atoms with Crippen LogP contribution in [-0.2, 0) is 6.54 Å². The quantitative estimate of drug-likeness (QED) is 0.735. The molecule has 0 saturated heterocycles. The normalized spacial score (nSPS) is 11.8. The van der Waals surface area contributed by atoms with Crippen LogP contribution < -0.4 is 10.6 Å². The number of hydrogen-bond acceptors (Lipinski definition) is 3.